The van der Waals surface area contributed by atoms with Crippen LogP contribution in [0.2, 0.25) is 0 Å². The van der Waals surface area contributed by atoms with Crippen molar-refractivity contribution in [2.75, 3.05) is 0 Å². The molecule has 0 amide bonds. The monoisotopic (exact) mass is 242 g/mol. The lowest BCUT2D eigenvalue weighted by Crippen LogP contribution is -2.41. The number of hydrogen-bond donors (Lipinski definition) is 0. The van der Waals surface area contributed by atoms with Crippen molar-refractivity contribution >= 4 is 7.12 Å². The summed E-state index contributed by atoms with van der Waals surface area (Å²) in [5.41, 5.74) is -1.47. The van der Waals surface area contributed by atoms with Crippen molar-refractivity contribution in [2.45, 2.75) is 66.1 Å². The first kappa shape index (κ1) is 14.7. The van der Waals surface area contributed by atoms with Gasteiger partial charge in [-0.25, -0.2) is 4.39 Å². The molecule has 17 heavy (non-hydrogen) atoms. The summed E-state index contributed by atoms with van der Waals surface area (Å²) < 4.78 is 25.4. The number of halogens is 1. The van der Waals surface area contributed by atoms with E-state index in [0.717, 1.165) is 6.42 Å². The van der Waals surface area contributed by atoms with Crippen LogP contribution < -0.4 is 0 Å². The molecule has 2 nitrogen and oxygen atoms in total. The minimum atomic E-state index is -0.870. The number of allylic oxidation sites excluding steroid dienone is 1. The number of hydrogen-bond acceptors (Lipinski definition) is 2. The molecule has 1 rings (SSSR count). The van der Waals surface area contributed by atoms with Crippen LogP contribution in [0.4, 0.5) is 4.39 Å². The second kappa shape index (κ2) is 4.40. The molecule has 4 heteroatoms. The fourth-order valence-corrected chi connectivity index (χ4v) is 1.50. The van der Waals surface area contributed by atoms with E-state index in [0.29, 0.717) is 0 Å². The Balaban J connectivity index is 2.85. The maximum Gasteiger partial charge on any atom is 0.524 e. The molecule has 0 aliphatic carbocycles. The molecule has 0 bridgehead atoms. The smallest absolute Gasteiger partial charge is 0.398 e. The van der Waals surface area contributed by atoms with Gasteiger partial charge >= 0.3 is 7.12 Å². The van der Waals surface area contributed by atoms with Gasteiger partial charge in [-0.05, 0) is 39.5 Å². The van der Waals surface area contributed by atoms with Gasteiger partial charge in [-0.15, -0.1) is 0 Å². The Morgan fingerprint density at radius 2 is 1.59 bits per heavy atom. The van der Waals surface area contributed by atoms with Gasteiger partial charge in [0.05, 0.1) is 11.2 Å². The van der Waals surface area contributed by atoms with Crippen LogP contribution >= 0.6 is 0 Å². The minimum absolute atomic E-state index is 0.173. The lowest BCUT2D eigenvalue weighted by atomic mass is 9.80. The Morgan fingerprint density at radius 3 is 1.94 bits per heavy atom. The molecule has 1 fully saturated rings. The summed E-state index contributed by atoms with van der Waals surface area (Å²) in [7, 11) is -0.870. The van der Waals surface area contributed by atoms with E-state index < -0.39 is 18.3 Å². The molecule has 0 radical (unpaired) electrons. The van der Waals surface area contributed by atoms with E-state index in [4.69, 9.17) is 9.31 Å². The first-order chi connectivity index (χ1) is 7.51. The maximum atomic E-state index is 14.1. The molecule has 0 atom stereocenters. The predicted molar refractivity (Wildman–Crippen MR) is 69.3 cm³/mol. The van der Waals surface area contributed by atoms with Crippen molar-refractivity contribution in [2.24, 2.45) is 5.41 Å². The highest BCUT2D eigenvalue weighted by molar-refractivity contribution is 6.53. The third-order valence-corrected chi connectivity index (χ3v) is 3.92. The zero-order chi connectivity index (χ0) is 13.5. The summed E-state index contributed by atoms with van der Waals surface area (Å²) in [5.74, 6) is 0. The predicted octanol–water partition coefficient (Wildman–Crippen LogP) is 3.91. The van der Waals surface area contributed by atoms with Gasteiger partial charge in [0.15, 0.2) is 0 Å². The standard InChI is InChI=1S/C13H24BFO2/c1-8-11(2,3)9-10(15)14-16-12(4,5)13(6,7)17-14/h9H,8H2,1-7H3. The Bertz CT molecular complexity index is 305. The normalized spacial score (nSPS) is 24.2. The van der Waals surface area contributed by atoms with Crippen LogP contribution in [-0.4, -0.2) is 18.3 Å². The van der Waals surface area contributed by atoms with Gasteiger partial charge in [-0.3, -0.25) is 0 Å². The van der Waals surface area contributed by atoms with E-state index in [2.05, 4.69) is 0 Å². The lowest BCUT2D eigenvalue weighted by Gasteiger charge is -2.32. The molecule has 1 aliphatic heterocycles. The van der Waals surface area contributed by atoms with Crippen LogP contribution in [-0.2, 0) is 9.31 Å². The van der Waals surface area contributed by atoms with E-state index in [1.807, 2.05) is 48.5 Å². The third-order valence-electron chi connectivity index (χ3n) is 3.92. The SMILES string of the molecule is CCC(C)(C)C=C(F)B1OC(C)(C)C(C)(C)O1. The Hall–Kier alpha value is -0.345. The lowest BCUT2D eigenvalue weighted by molar-refractivity contribution is 0.00578. The fourth-order valence-electron chi connectivity index (χ4n) is 1.50. The summed E-state index contributed by atoms with van der Waals surface area (Å²) in [6.07, 6.45) is 2.48. The molecule has 0 aromatic heterocycles. The quantitative estimate of drug-likeness (QED) is 0.698. The molecule has 0 aromatic carbocycles. The van der Waals surface area contributed by atoms with Crippen molar-refractivity contribution in [1.82, 2.24) is 0 Å². The highest BCUT2D eigenvalue weighted by atomic mass is 19.1. The van der Waals surface area contributed by atoms with Crippen molar-refractivity contribution in [3.63, 3.8) is 0 Å². The topological polar surface area (TPSA) is 18.5 Å². The largest absolute Gasteiger partial charge is 0.524 e. The minimum Gasteiger partial charge on any atom is -0.398 e. The molecular weight excluding hydrogens is 218 g/mol. The average molecular weight is 242 g/mol. The van der Waals surface area contributed by atoms with Gasteiger partial charge in [-0.2, -0.15) is 0 Å². The Kier molecular flexibility index (Phi) is 3.81. The van der Waals surface area contributed by atoms with Crippen LogP contribution in [0.5, 0.6) is 0 Å². The summed E-state index contributed by atoms with van der Waals surface area (Å²) in [6, 6.07) is 0. The zero-order valence-electron chi connectivity index (χ0n) is 12.1. The van der Waals surface area contributed by atoms with Crippen LogP contribution in [0.15, 0.2) is 11.8 Å². The van der Waals surface area contributed by atoms with Crippen LogP contribution in [0.3, 0.4) is 0 Å². The summed E-state index contributed by atoms with van der Waals surface area (Å²) >= 11 is 0. The first-order valence-corrected chi connectivity index (χ1v) is 6.25. The molecule has 0 N–H and O–H groups in total. The van der Waals surface area contributed by atoms with Gasteiger partial charge in [0.1, 0.15) is 5.73 Å². The third kappa shape index (κ3) is 3.11. The summed E-state index contributed by atoms with van der Waals surface area (Å²) in [6.45, 7) is 13.7. The second-order valence-corrected chi connectivity index (χ2v) is 6.46. The van der Waals surface area contributed by atoms with E-state index in [9.17, 15) is 4.39 Å². The molecule has 1 heterocycles. The molecule has 0 unspecified atom stereocenters. The van der Waals surface area contributed by atoms with Crippen molar-refractivity contribution < 1.29 is 13.7 Å². The Labute approximate surface area is 105 Å². The van der Waals surface area contributed by atoms with E-state index in [1.54, 1.807) is 6.08 Å². The van der Waals surface area contributed by atoms with Crippen LogP contribution in [0, 0.1) is 5.41 Å². The Morgan fingerprint density at radius 1 is 1.18 bits per heavy atom. The first-order valence-electron chi connectivity index (χ1n) is 6.25. The van der Waals surface area contributed by atoms with Crippen LogP contribution in [0.25, 0.3) is 0 Å². The highest BCUT2D eigenvalue weighted by Crippen LogP contribution is 2.39. The number of rotatable bonds is 3. The average Bonchev–Trinajstić information content (AvgIpc) is 2.36. The van der Waals surface area contributed by atoms with Crippen molar-refractivity contribution in [1.29, 1.82) is 0 Å². The van der Waals surface area contributed by atoms with Gasteiger partial charge in [-0.1, -0.05) is 26.8 Å². The fraction of sp³-hybridized carbons (Fsp3) is 0.846. The molecular formula is C13H24BFO2. The van der Waals surface area contributed by atoms with Crippen molar-refractivity contribution in [3.05, 3.63) is 11.8 Å². The van der Waals surface area contributed by atoms with Gasteiger partial charge in [0, 0.05) is 0 Å². The highest BCUT2D eigenvalue weighted by Gasteiger charge is 2.53. The van der Waals surface area contributed by atoms with Crippen LogP contribution in [0.1, 0.15) is 54.9 Å². The van der Waals surface area contributed by atoms with Gasteiger partial charge in [0.25, 0.3) is 0 Å². The van der Waals surface area contributed by atoms with E-state index >= 15 is 0 Å². The summed E-state index contributed by atoms with van der Waals surface area (Å²) in [5, 5.41) is 0. The van der Waals surface area contributed by atoms with E-state index in [-0.39, 0.29) is 11.1 Å². The molecule has 1 aliphatic rings. The second-order valence-electron chi connectivity index (χ2n) is 6.46. The van der Waals surface area contributed by atoms with Gasteiger partial charge in [0.2, 0.25) is 0 Å². The molecule has 0 saturated carbocycles. The molecule has 0 aromatic rings. The maximum absolute atomic E-state index is 14.1. The zero-order valence-corrected chi connectivity index (χ0v) is 12.1. The van der Waals surface area contributed by atoms with Crippen molar-refractivity contribution in [3.8, 4) is 0 Å². The molecule has 0 spiro atoms. The summed E-state index contributed by atoms with van der Waals surface area (Å²) in [4.78, 5) is 0. The molecule has 1 saturated heterocycles. The van der Waals surface area contributed by atoms with E-state index in [1.165, 1.54) is 0 Å². The molecule has 98 valence electrons. The van der Waals surface area contributed by atoms with Gasteiger partial charge < -0.3 is 9.31 Å².